The molecule has 0 saturated carbocycles. The quantitative estimate of drug-likeness (QED) is 0.0261. The molecule has 0 rings (SSSR count). The molecule has 0 amide bonds. The third kappa shape index (κ3) is 70.5. The molecule has 490 valence electrons. The highest BCUT2D eigenvalue weighted by molar-refractivity contribution is 5.71. The van der Waals surface area contributed by atoms with Gasteiger partial charge in [0.05, 0.1) is 0 Å². The minimum absolute atomic E-state index is 0.0668. The molecule has 0 N–H and O–H groups in total. The Morgan fingerprint density at radius 2 is 0.398 bits per heavy atom. The molecule has 83 heavy (non-hydrogen) atoms. The zero-order chi connectivity index (χ0) is 59.9. The first-order chi connectivity index (χ1) is 41.0. The Balaban J connectivity index is 4.27. The van der Waals surface area contributed by atoms with E-state index in [1.165, 1.54) is 334 Å². The Morgan fingerprint density at radius 1 is 0.229 bits per heavy atom. The van der Waals surface area contributed by atoms with Gasteiger partial charge in [-0.3, -0.25) is 14.4 Å². The van der Waals surface area contributed by atoms with Crippen LogP contribution in [-0.4, -0.2) is 37.2 Å². The molecule has 0 spiro atoms. The van der Waals surface area contributed by atoms with E-state index in [1.54, 1.807) is 0 Å². The van der Waals surface area contributed by atoms with E-state index in [0.717, 1.165) is 57.8 Å². The van der Waals surface area contributed by atoms with Gasteiger partial charge in [-0.25, -0.2) is 0 Å². The summed E-state index contributed by atoms with van der Waals surface area (Å²) in [5, 5.41) is 0. The van der Waals surface area contributed by atoms with Gasteiger partial charge in [-0.15, -0.1) is 0 Å². The molecular weight excluding hydrogens is 1020 g/mol. The van der Waals surface area contributed by atoms with Crippen LogP contribution in [0.1, 0.15) is 432 Å². The fourth-order valence-electron chi connectivity index (χ4n) is 11.7. The number of carbonyl (C=O) groups excluding carboxylic acids is 3. The van der Waals surface area contributed by atoms with Crippen molar-refractivity contribution < 1.29 is 28.6 Å². The minimum Gasteiger partial charge on any atom is -0.462 e. The summed E-state index contributed by atoms with van der Waals surface area (Å²) in [6.45, 7) is 6.73. The number of unbranched alkanes of at least 4 members (excludes halogenated alkanes) is 56. The van der Waals surface area contributed by atoms with Crippen molar-refractivity contribution in [2.45, 2.75) is 438 Å². The Labute approximate surface area is 519 Å². The van der Waals surface area contributed by atoms with Gasteiger partial charge in [0.15, 0.2) is 6.10 Å². The molecule has 0 radical (unpaired) electrons. The highest BCUT2D eigenvalue weighted by atomic mass is 16.6. The average Bonchev–Trinajstić information content (AvgIpc) is 3.49. The number of carbonyl (C=O) groups is 3. The van der Waals surface area contributed by atoms with E-state index in [1.807, 2.05) is 0 Å². The van der Waals surface area contributed by atoms with Gasteiger partial charge < -0.3 is 14.2 Å². The molecular formula is C77H146O6. The molecule has 0 heterocycles. The fraction of sp³-hybridized carbons (Fsp3) is 0.909. The first-order valence-electron chi connectivity index (χ1n) is 37.8. The topological polar surface area (TPSA) is 78.9 Å². The van der Waals surface area contributed by atoms with Crippen LogP contribution in [0.4, 0.5) is 0 Å². The van der Waals surface area contributed by atoms with E-state index in [2.05, 4.69) is 45.1 Å². The van der Waals surface area contributed by atoms with Crippen LogP contribution in [-0.2, 0) is 28.6 Å². The van der Waals surface area contributed by atoms with Crippen molar-refractivity contribution in [1.82, 2.24) is 0 Å². The maximum absolute atomic E-state index is 13.0. The molecule has 0 aromatic carbocycles. The minimum atomic E-state index is -0.772. The third-order valence-corrected chi connectivity index (χ3v) is 17.4. The number of hydrogen-bond acceptors (Lipinski definition) is 6. The Hall–Kier alpha value is -2.11. The lowest BCUT2D eigenvalue weighted by Gasteiger charge is -2.18. The molecule has 0 aliphatic heterocycles. The lowest BCUT2D eigenvalue weighted by molar-refractivity contribution is -0.167. The summed E-state index contributed by atoms with van der Waals surface area (Å²) in [5.41, 5.74) is 0. The van der Waals surface area contributed by atoms with Gasteiger partial charge >= 0.3 is 17.9 Å². The molecule has 0 aliphatic rings. The zero-order valence-corrected chi connectivity index (χ0v) is 56.5. The van der Waals surface area contributed by atoms with Crippen molar-refractivity contribution in [3.63, 3.8) is 0 Å². The lowest BCUT2D eigenvalue weighted by atomic mass is 10.0. The first-order valence-corrected chi connectivity index (χ1v) is 37.8. The molecule has 6 nitrogen and oxygen atoms in total. The number of esters is 3. The van der Waals surface area contributed by atoms with Crippen LogP contribution in [0.15, 0.2) is 24.3 Å². The van der Waals surface area contributed by atoms with Crippen molar-refractivity contribution in [1.29, 1.82) is 0 Å². The van der Waals surface area contributed by atoms with Crippen LogP contribution in [0, 0.1) is 0 Å². The molecule has 0 bridgehead atoms. The molecule has 0 aromatic rings. The molecule has 1 unspecified atom stereocenters. The summed E-state index contributed by atoms with van der Waals surface area (Å²) < 4.78 is 17.0. The summed E-state index contributed by atoms with van der Waals surface area (Å²) in [7, 11) is 0. The SMILES string of the molecule is CCCCCCCC/C=C\CCCCCCCCCC(=O)OCC(COC(=O)CCCCCCCCCCCCCCCCCCCCCCCCCCC)OC(=O)CCCCCCCCCCCCC/C=C\CCCCCCCCCC. The molecule has 0 fully saturated rings. The second-order valence-corrected chi connectivity index (χ2v) is 25.9. The van der Waals surface area contributed by atoms with Crippen LogP contribution >= 0.6 is 0 Å². The van der Waals surface area contributed by atoms with Gasteiger partial charge in [0.2, 0.25) is 0 Å². The van der Waals surface area contributed by atoms with E-state index in [-0.39, 0.29) is 31.1 Å². The third-order valence-electron chi connectivity index (χ3n) is 17.4. The normalized spacial score (nSPS) is 12.1. The molecule has 6 heteroatoms. The number of hydrogen-bond donors (Lipinski definition) is 0. The number of ether oxygens (including phenoxy) is 3. The maximum atomic E-state index is 13.0. The van der Waals surface area contributed by atoms with Crippen LogP contribution in [0.25, 0.3) is 0 Å². The summed E-state index contributed by atoms with van der Waals surface area (Å²) in [5.74, 6) is -0.836. The summed E-state index contributed by atoms with van der Waals surface area (Å²) in [6, 6.07) is 0. The number of allylic oxidation sites excluding steroid dienone is 4. The highest BCUT2D eigenvalue weighted by Gasteiger charge is 2.20. The van der Waals surface area contributed by atoms with Gasteiger partial charge in [-0.2, -0.15) is 0 Å². The largest absolute Gasteiger partial charge is 0.462 e. The van der Waals surface area contributed by atoms with E-state index in [9.17, 15) is 14.4 Å². The van der Waals surface area contributed by atoms with Crippen molar-refractivity contribution in [3.05, 3.63) is 24.3 Å². The summed E-state index contributed by atoms with van der Waals surface area (Å²) >= 11 is 0. The maximum Gasteiger partial charge on any atom is 0.306 e. The standard InChI is InChI=1S/C77H146O6/c1-4-7-10-13-16-19-22-25-28-31-33-35-37-38-40-41-43-46-49-52-55-58-61-64-67-70-76(79)82-73-74(72-81-75(78)69-66-63-60-57-54-51-48-45-30-27-24-21-18-15-12-9-6-3)83-77(80)71-68-65-62-59-56-53-50-47-44-42-39-36-34-32-29-26-23-20-17-14-11-8-5-2/h27,30,32,34,74H,4-26,28-29,31,33,35-73H2,1-3H3/b30-27-,34-32-. The van der Waals surface area contributed by atoms with Gasteiger partial charge in [0, 0.05) is 19.3 Å². The van der Waals surface area contributed by atoms with Crippen molar-refractivity contribution in [2.24, 2.45) is 0 Å². The number of rotatable bonds is 71. The predicted octanol–water partition coefficient (Wildman–Crippen LogP) is 26.1. The summed E-state index contributed by atoms with van der Waals surface area (Å²) in [4.78, 5) is 38.6. The molecule has 0 aromatic heterocycles. The van der Waals surface area contributed by atoms with Gasteiger partial charge in [0.25, 0.3) is 0 Å². The first kappa shape index (κ1) is 80.9. The Bertz CT molecular complexity index is 1340. The smallest absolute Gasteiger partial charge is 0.306 e. The molecule has 0 aliphatic carbocycles. The Kier molecular flexibility index (Phi) is 70.5. The van der Waals surface area contributed by atoms with Gasteiger partial charge in [-0.1, -0.05) is 366 Å². The van der Waals surface area contributed by atoms with Crippen LogP contribution in [0.2, 0.25) is 0 Å². The average molecular weight is 1170 g/mol. The summed E-state index contributed by atoms with van der Waals surface area (Å²) in [6.07, 6.45) is 89.3. The zero-order valence-electron chi connectivity index (χ0n) is 56.5. The van der Waals surface area contributed by atoms with Gasteiger partial charge in [-0.05, 0) is 70.6 Å². The fourth-order valence-corrected chi connectivity index (χ4v) is 11.7. The molecule has 0 saturated heterocycles. The predicted molar refractivity (Wildman–Crippen MR) is 363 cm³/mol. The van der Waals surface area contributed by atoms with Crippen molar-refractivity contribution in [2.75, 3.05) is 13.2 Å². The van der Waals surface area contributed by atoms with E-state index < -0.39 is 6.10 Å². The Morgan fingerprint density at radius 3 is 0.602 bits per heavy atom. The van der Waals surface area contributed by atoms with Gasteiger partial charge in [0.1, 0.15) is 13.2 Å². The van der Waals surface area contributed by atoms with Crippen LogP contribution in [0.3, 0.4) is 0 Å². The van der Waals surface area contributed by atoms with E-state index >= 15 is 0 Å². The van der Waals surface area contributed by atoms with E-state index in [0.29, 0.717) is 19.3 Å². The second kappa shape index (κ2) is 72.4. The molecule has 1 atom stereocenters. The van der Waals surface area contributed by atoms with Crippen LogP contribution in [0.5, 0.6) is 0 Å². The van der Waals surface area contributed by atoms with Crippen LogP contribution < -0.4 is 0 Å². The van der Waals surface area contributed by atoms with Crippen molar-refractivity contribution >= 4 is 17.9 Å². The lowest BCUT2D eigenvalue weighted by Crippen LogP contribution is -2.30. The second-order valence-electron chi connectivity index (χ2n) is 25.9. The van der Waals surface area contributed by atoms with E-state index in [4.69, 9.17) is 14.2 Å². The van der Waals surface area contributed by atoms with Crippen molar-refractivity contribution in [3.8, 4) is 0 Å². The monoisotopic (exact) mass is 1170 g/mol. The highest BCUT2D eigenvalue weighted by Crippen LogP contribution is 2.19.